The second-order valence-corrected chi connectivity index (χ2v) is 7.15. The van der Waals surface area contributed by atoms with Crippen LogP contribution in [0, 0.1) is 5.92 Å². The third-order valence-electron chi connectivity index (χ3n) is 3.35. The van der Waals surface area contributed by atoms with Crippen molar-refractivity contribution in [1.29, 1.82) is 0 Å². The van der Waals surface area contributed by atoms with Gasteiger partial charge in [0, 0.05) is 37.8 Å². The molecule has 1 aromatic heterocycles. The van der Waals surface area contributed by atoms with Gasteiger partial charge in [0.2, 0.25) is 0 Å². The number of rotatable bonds is 6. The first-order chi connectivity index (χ1) is 8.79. The Balaban J connectivity index is 1.85. The minimum absolute atomic E-state index is 0.430. The number of halogens is 1. The lowest BCUT2D eigenvalue weighted by Crippen LogP contribution is -2.41. The van der Waals surface area contributed by atoms with Gasteiger partial charge in [-0.3, -0.25) is 0 Å². The van der Waals surface area contributed by atoms with E-state index in [9.17, 15) is 0 Å². The zero-order valence-corrected chi connectivity index (χ0v) is 13.1. The van der Waals surface area contributed by atoms with Gasteiger partial charge in [-0.1, -0.05) is 0 Å². The summed E-state index contributed by atoms with van der Waals surface area (Å²) < 4.78 is 12.0. The molecule has 18 heavy (non-hydrogen) atoms. The molecule has 3 nitrogen and oxygen atoms in total. The smallest absolute Gasteiger partial charge is 0.0701 e. The average molecular weight is 334 g/mol. The monoisotopic (exact) mass is 333 g/mol. The lowest BCUT2D eigenvalue weighted by atomic mass is 9.92. The molecule has 1 aliphatic rings. The van der Waals surface area contributed by atoms with Crippen LogP contribution in [0.3, 0.4) is 0 Å². The molecule has 1 aliphatic heterocycles. The second-order valence-electron chi connectivity index (χ2n) is 4.60. The predicted octanol–water partition coefficient (Wildman–Crippen LogP) is 3.04. The molecule has 102 valence electrons. The van der Waals surface area contributed by atoms with E-state index in [0.717, 1.165) is 39.2 Å². The van der Waals surface area contributed by atoms with E-state index >= 15 is 0 Å². The first kappa shape index (κ1) is 14.5. The topological polar surface area (TPSA) is 30.5 Å². The molecule has 0 aliphatic carbocycles. The van der Waals surface area contributed by atoms with Crippen LogP contribution in [-0.2, 0) is 16.0 Å². The summed E-state index contributed by atoms with van der Waals surface area (Å²) in [6, 6.07) is 4.69. The Morgan fingerprint density at radius 3 is 2.89 bits per heavy atom. The molecule has 0 bridgehead atoms. The molecule has 1 saturated heterocycles. The Kier molecular flexibility index (Phi) is 6.11. The van der Waals surface area contributed by atoms with Crippen LogP contribution in [0.2, 0.25) is 0 Å². The van der Waals surface area contributed by atoms with Crippen molar-refractivity contribution >= 4 is 27.3 Å². The Hall–Kier alpha value is 0.0600. The molecular weight excluding hydrogens is 314 g/mol. The van der Waals surface area contributed by atoms with Crippen LogP contribution in [0.1, 0.15) is 17.7 Å². The number of nitrogens with one attached hydrogen (secondary N) is 1. The number of hydrogen-bond acceptors (Lipinski definition) is 4. The summed E-state index contributed by atoms with van der Waals surface area (Å²) in [5, 5.41) is 3.63. The third-order valence-corrected chi connectivity index (χ3v) is 4.97. The lowest BCUT2D eigenvalue weighted by Gasteiger charge is -2.30. The van der Waals surface area contributed by atoms with Gasteiger partial charge in [-0.2, -0.15) is 0 Å². The van der Waals surface area contributed by atoms with Gasteiger partial charge in [-0.15, -0.1) is 11.3 Å². The molecule has 5 heteroatoms. The predicted molar refractivity (Wildman–Crippen MR) is 78.1 cm³/mol. The summed E-state index contributed by atoms with van der Waals surface area (Å²) in [6.07, 6.45) is 2.27. The van der Waals surface area contributed by atoms with Crippen LogP contribution in [0.4, 0.5) is 0 Å². The summed E-state index contributed by atoms with van der Waals surface area (Å²) in [6.45, 7) is 3.47. The maximum atomic E-state index is 5.42. The molecule has 1 fully saturated rings. The highest BCUT2D eigenvalue weighted by atomic mass is 79.9. The molecular formula is C13H20BrNO2S. The normalized spacial score (nSPS) is 19.0. The summed E-state index contributed by atoms with van der Waals surface area (Å²) in [4.78, 5) is 1.36. The van der Waals surface area contributed by atoms with E-state index in [1.807, 2.05) is 0 Å². The van der Waals surface area contributed by atoms with Gasteiger partial charge in [-0.05, 0) is 46.8 Å². The molecule has 0 aromatic carbocycles. The van der Waals surface area contributed by atoms with Gasteiger partial charge in [-0.25, -0.2) is 0 Å². The number of methoxy groups -OCH3 is 1. The van der Waals surface area contributed by atoms with Crippen molar-refractivity contribution in [2.24, 2.45) is 5.92 Å². The van der Waals surface area contributed by atoms with Crippen molar-refractivity contribution in [1.82, 2.24) is 5.32 Å². The summed E-state index contributed by atoms with van der Waals surface area (Å²) >= 11 is 5.28. The Morgan fingerprint density at radius 1 is 1.50 bits per heavy atom. The molecule has 0 saturated carbocycles. The minimum atomic E-state index is 0.430. The van der Waals surface area contributed by atoms with Gasteiger partial charge >= 0.3 is 0 Å². The van der Waals surface area contributed by atoms with E-state index in [1.54, 1.807) is 18.4 Å². The molecule has 0 spiro atoms. The maximum absolute atomic E-state index is 5.42. The van der Waals surface area contributed by atoms with Gasteiger partial charge in [0.15, 0.2) is 0 Å². The van der Waals surface area contributed by atoms with Crippen LogP contribution in [-0.4, -0.2) is 33.0 Å². The van der Waals surface area contributed by atoms with E-state index in [0.29, 0.717) is 12.0 Å². The van der Waals surface area contributed by atoms with E-state index in [-0.39, 0.29) is 0 Å². The fraction of sp³-hybridized carbons (Fsp3) is 0.692. The van der Waals surface area contributed by atoms with E-state index in [1.165, 1.54) is 8.66 Å². The van der Waals surface area contributed by atoms with Crippen molar-refractivity contribution < 1.29 is 9.47 Å². The molecule has 1 aromatic rings. The van der Waals surface area contributed by atoms with E-state index in [2.05, 4.69) is 33.4 Å². The molecule has 2 rings (SSSR count). The SMILES string of the molecule is COC[C@H](NCc1ccc(Br)s1)C1CCOCC1. The first-order valence-electron chi connectivity index (χ1n) is 6.34. The molecule has 0 radical (unpaired) electrons. The van der Waals surface area contributed by atoms with Crippen LogP contribution < -0.4 is 5.32 Å². The molecule has 1 atom stereocenters. The van der Waals surface area contributed by atoms with E-state index in [4.69, 9.17) is 9.47 Å². The third kappa shape index (κ3) is 4.31. The highest BCUT2D eigenvalue weighted by molar-refractivity contribution is 9.11. The van der Waals surface area contributed by atoms with Crippen molar-refractivity contribution in [3.63, 3.8) is 0 Å². The summed E-state index contributed by atoms with van der Waals surface area (Å²) in [5.41, 5.74) is 0. The maximum Gasteiger partial charge on any atom is 0.0701 e. The molecule has 0 amide bonds. The van der Waals surface area contributed by atoms with Crippen LogP contribution >= 0.6 is 27.3 Å². The van der Waals surface area contributed by atoms with Gasteiger partial charge in [0.25, 0.3) is 0 Å². The van der Waals surface area contributed by atoms with Gasteiger partial charge < -0.3 is 14.8 Å². The number of hydrogen-bond donors (Lipinski definition) is 1. The lowest BCUT2D eigenvalue weighted by molar-refractivity contribution is 0.0373. The zero-order valence-electron chi connectivity index (χ0n) is 10.7. The highest BCUT2D eigenvalue weighted by Crippen LogP contribution is 2.23. The number of thiophene rings is 1. The Bertz CT molecular complexity index is 353. The first-order valence-corrected chi connectivity index (χ1v) is 7.95. The van der Waals surface area contributed by atoms with Crippen molar-refractivity contribution in [3.05, 3.63) is 20.8 Å². The van der Waals surface area contributed by atoms with E-state index < -0.39 is 0 Å². The quantitative estimate of drug-likeness (QED) is 0.867. The summed E-state index contributed by atoms with van der Waals surface area (Å²) in [5.74, 6) is 0.669. The molecule has 0 unspecified atom stereocenters. The highest BCUT2D eigenvalue weighted by Gasteiger charge is 2.23. The standard InChI is InChI=1S/C13H20BrNO2S/c1-16-9-12(10-4-6-17-7-5-10)15-8-11-2-3-13(14)18-11/h2-3,10,12,15H,4-9H2,1H3/t12-/m0/s1. The second kappa shape index (κ2) is 7.60. The fourth-order valence-corrected chi connectivity index (χ4v) is 3.77. The van der Waals surface area contributed by atoms with Crippen LogP contribution in [0.25, 0.3) is 0 Å². The van der Waals surface area contributed by atoms with Crippen LogP contribution in [0.5, 0.6) is 0 Å². The van der Waals surface area contributed by atoms with Crippen molar-refractivity contribution in [2.75, 3.05) is 26.9 Å². The average Bonchev–Trinajstić information content (AvgIpc) is 2.81. The molecule has 1 N–H and O–H groups in total. The van der Waals surface area contributed by atoms with Crippen molar-refractivity contribution in [3.8, 4) is 0 Å². The minimum Gasteiger partial charge on any atom is -0.383 e. The Morgan fingerprint density at radius 2 is 2.28 bits per heavy atom. The van der Waals surface area contributed by atoms with Crippen molar-refractivity contribution in [2.45, 2.75) is 25.4 Å². The van der Waals surface area contributed by atoms with Gasteiger partial charge in [0.1, 0.15) is 0 Å². The van der Waals surface area contributed by atoms with Crippen LogP contribution in [0.15, 0.2) is 15.9 Å². The zero-order chi connectivity index (χ0) is 12.8. The largest absolute Gasteiger partial charge is 0.383 e. The summed E-state index contributed by atoms with van der Waals surface area (Å²) in [7, 11) is 1.77. The van der Waals surface area contributed by atoms with Gasteiger partial charge in [0.05, 0.1) is 10.4 Å². The Labute approximate surface area is 121 Å². The number of ether oxygens (including phenoxy) is 2. The fourth-order valence-electron chi connectivity index (χ4n) is 2.34. The molecule has 2 heterocycles.